The Bertz CT molecular complexity index is 736. The maximum atomic E-state index is 5.62. The molecule has 0 radical (unpaired) electrons. The standard InChI is InChI=1S/C15H15N5O/c1-21-14-5-3-2-4-13(14)20-15(17-18-19-20)12-8-6-11(10-16)7-9-12/h2-9H,10,16H2,1H3. The monoisotopic (exact) mass is 281 g/mol. The third kappa shape index (κ3) is 2.48. The molecule has 0 spiro atoms. The number of nitrogens with zero attached hydrogens (tertiary/aromatic N) is 4. The Morgan fingerprint density at radius 1 is 1.10 bits per heavy atom. The Morgan fingerprint density at radius 3 is 2.57 bits per heavy atom. The van der Waals surface area contributed by atoms with Gasteiger partial charge in [-0.1, -0.05) is 36.4 Å². The van der Waals surface area contributed by atoms with Gasteiger partial charge in [0.15, 0.2) is 5.82 Å². The Morgan fingerprint density at radius 2 is 1.86 bits per heavy atom. The zero-order valence-corrected chi connectivity index (χ0v) is 11.6. The molecule has 1 heterocycles. The van der Waals surface area contributed by atoms with Crippen LogP contribution in [-0.2, 0) is 6.54 Å². The number of para-hydroxylation sites is 2. The van der Waals surface area contributed by atoms with Gasteiger partial charge in [0.25, 0.3) is 0 Å². The molecule has 0 amide bonds. The molecule has 2 N–H and O–H groups in total. The van der Waals surface area contributed by atoms with Crippen LogP contribution < -0.4 is 10.5 Å². The van der Waals surface area contributed by atoms with Crippen LogP contribution in [0.2, 0.25) is 0 Å². The second-order valence-electron chi connectivity index (χ2n) is 4.49. The number of ether oxygens (including phenoxy) is 1. The Hall–Kier alpha value is -2.73. The third-order valence-electron chi connectivity index (χ3n) is 3.23. The van der Waals surface area contributed by atoms with Crippen molar-refractivity contribution in [2.45, 2.75) is 6.54 Å². The lowest BCUT2D eigenvalue weighted by Crippen LogP contribution is -2.02. The summed E-state index contributed by atoms with van der Waals surface area (Å²) in [5, 5.41) is 11.9. The van der Waals surface area contributed by atoms with E-state index in [0.717, 1.165) is 16.8 Å². The van der Waals surface area contributed by atoms with E-state index < -0.39 is 0 Å². The number of hydrogen-bond acceptors (Lipinski definition) is 5. The van der Waals surface area contributed by atoms with Gasteiger partial charge >= 0.3 is 0 Å². The normalized spacial score (nSPS) is 10.6. The molecular formula is C15H15N5O. The van der Waals surface area contributed by atoms with Crippen LogP contribution in [0.15, 0.2) is 48.5 Å². The van der Waals surface area contributed by atoms with Crippen LogP contribution >= 0.6 is 0 Å². The van der Waals surface area contributed by atoms with Crippen molar-refractivity contribution in [2.75, 3.05) is 7.11 Å². The van der Waals surface area contributed by atoms with Gasteiger partial charge in [0.05, 0.1) is 7.11 Å². The van der Waals surface area contributed by atoms with Crippen molar-refractivity contribution in [1.29, 1.82) is 0 Å². The number of aromatic nitrogens is 4. The van der Waals surface area contributed by atoms with Crippen LogP contribution in [0.4, 0.5) is 0 Å². The summed E-state index contributed by atoms with van der Waals surface area (Å²) < 4.78 is 7.03. The molecule has 3 aromatic rings. The molecule has 6 heteroatoms. The maximum Gasteiger partial charge on any atom is 0.187 e. The van der Waals surface area contributed by atoms with Gasteiger partial charge in [-0.3, -0.25) is 0 Å². The van der Waals surface area contributed by atoms with Gasteiger partial charge in [-0.05, 0) is 28.1 Å². The van der Waals surface area contributed by atoms with E-state index in [0.29, 0.717) is 18.1 Å². The van der Waals surface area contributed by atoms with Crippen LogP contribution in [-0.4, -0.2) is 27.3 Å². The van der Waals surface area contributed by atoms with Crippen LogP contribution in [0.3, 0.4) is 0 Å². The van der Waals surface area contributed by atoms with E-state index in [4.69, 9.17) is 10.5 Å². The van der Waals surface area contributed by atoms with Crippen molar-refractivity contribution in [1.82, 2.24) is 20.2 Å². The van der Waals surface area contributed by atoms with E-state index >= 15 is 0 Å². The molecule has 106 valence electrons. The molecule has 3 rings (SSSR count). The highest BCUT2D eigenvalue weighted by Gasteiger charge is 2.13. The highest BCUT2D eigenvalue weighted by Crippen LogP contribution is 2.26. The molecule has 6 nitrogen and oxygen atoms in total. The summed E-state index contributed by atoms with van der Waals surface area (Å²) >= 11 is 0. The number of rotatable bonds is 4. The highest BCUT2D eigenvalue weighted by molar-refractivity contribution is 5.59. The van der Waals surface area contributed by atoms with Crippen molar-refractivity contribution in [3.05, 3.63) is 54.1 Å². The number of benzene rings is 2. The Labute approximate surface area is 122 Å². The first-order chi connectivity index (χ1) is 10.3. The number of methoxy groups -OCH3 is 1. The number of nitrogens with two attached hydrogens (primary N) is 1. The van der Waals surface area contributed by atoms with Crippen molar-refractivity contribution in [2.24, 2.45) is 5.73 Å². The first-order valence-corrected chi connectivity index (χ1v) is 6.54. The average molecular weight is 281 g/mol. The second kappa shape index (κ2) is 5.72. The first kappa shape index (κ1) is 13.3. The van der Waals surface area contributed by atoms with E-state index in [1.165, 1.54) is 0 Å². The van der Waals surface area contributed by atoms with E-state index in [1.807, 2.05) is 48.5 Å². The van der Waals surface area contributed by atoms with Gasteiger partial charge in [0.2, 0.25) is 0 Å². The fraction of sp³-hybridized carbons (Fsp3) is 0.133. The summed E-state index contributed by atoms with van der Waals surface area (Å²) in [6, 6.07) is 15.5. The summed E-state index contributed by atoms with van der Waals surface area (Å²) in [6.45, 7) is 0.512. The minimum Gasteiger partial charge on any atom is -0.494 e. The topological polar surface area (TPSA) is 78.8 Å². The molecule has 0 saturated carbocycles. The molecule has 21 heavy (non-hydrogen) atoms. The van der Waals surface area contributed by atoms with E-state index in [1.54, 1.807) is 11.8 Å². The van der Waals surface area contributed by atoms with E-state index in [9.17, 15) is 0 Å². The summed E-state index contributed by atoms with van der Waals surface area (Å²) in [7, 11) is 1.62. The minimum atomic E-state index is 0.512. The average Bonchev–Trinajstić information content (AvgIpc) is 3.04. The molecule has 0 aliphatic heterocycles. The van der Waals surface area contributed by atoms with Crippen LogP contribution in [0, 0.1) is 0 Å². The lowest BCUT2D eigenvalue weighted by atomic mass is 10.1. The Kier molecular flexibility index (Phi) is 3.61. The molecule has 0 bridgehead atoms. The molecule has 0 aliphatic carbocycles. The smallest absolute Gasteiger partial charge is 0.187 e. The highest BCUT2D eigenvalue weighted by atomic mass is 16.5. The van der Waals surface area contributed by atoms with Crippen molar-refractivity contribution < 1.29 is 4.74 Å². The summed E-state index contributed by atoms with van der Waals surface area (Å²) in [4.78, 5) is 0. The zero-order valence-electron chi connectivity index (χ0n) is 11.6. The summed E-state index contributed by atoms with van der Waals surface area (Å²) in [5.41, 5.74) is 8.39. The minimum absolute atomic E-state index is 0.512. The molecule has 0 atom stereocenters. The van der Waals surface area contributed by atoms with Crippen molar-refractivity contribution >= 4 is 0 Å². The predicted octanol–water partition coefficient (Wildman–Crippen LogP) is 1.80. The quantitative estimate of drug-likeness (QED) is 0.788. The number of hydrogen-bond donors (Lipinski definition) is 1. The van der Waals surface area contributed by atoms with E-state index in [2.05, 4.69) is 15.5 Å². The maximum absolute atomic E-state index is 5.62. The zero-order chi connectivity index (χ0) is 14.7. The van der Waals surface area contributed by atoms with Gasteiger partial charge in [0, 0.05) is 12.1 Å². The Balaban J connectivity index is 2.08. The third-order valence-corrected chi connectivity index (χ3v) is 3.23. The van der Waals surface area contributed by atoms with Gasteiger partial charge < -0.3 is 10.5 Å². The molecular weight excluding hydrogens is 266 g/mol. The van der Waals surface area contributed by atoms with Crippen LogP contribution in [0.25, 0.3) is 17.1 Å². The second-order valence-corrected chi connectivity index (χ2v) is 4.49. The molecule has 0 unspecified atom stereocenters. The summed E-state index contributed by atoms with van der Waals surface area (Å²) in [6.07, 6.45) is 0. The lowest BCUT2D eigenvalue weighted by molar-refractivity contribution is 0.411. The fourth-order valence-electron chi connectivity index (χ4n) is 2.12. The predicted molar refractivity (Wildman–Crippen MR) is 79.0 cm³/mol. The van der Waals surface area contributed by atoms with Crippen LogP contribution in [0.5, 0.6) is 5.75 Å². The van der Waals surface area contributed by atoms with Crippen LogP contribution in [0.1, 0.15) is 5.56 Å². The van der Waals surface area contributed by atoms with Crippen molar-refractivity contribution in [3.63, 3.8) is 0 Å². The molecule has 2 aromatic carbocycles. The lowest BCUT2D eigenvalue weighted by Gasteiger charge is -2.09. The number of tetrazole rings is 1. The summed E-state index contributed by atoms with van der Waals surface area (Å²) in [5.74, 6) is 1.37. The molecule has 0 aliphatic rings. The molecule has 0 saturated heterocycles. The first-order valence-electron chi connectivity index (χ1n) is 6.54. The fourth-order valence-corrected chi connectivity index (χ4v) is 2.12. The van der Waals surface area contributed by atoms with E-state index in [-0.39, 0.29) is 0 Å². The molecule has 0 fully saturated rings. The largest absolute Gasteiger partial charge is 0.494 e. The van der Waals surface area contributed by atoms with Gasteiger partial charge in [-0.25, -0.2) is 0 Å². The van der Waals surface area contributed by atoms with Gasteiger partial charge in [0.1, 0.15) is 11.4 Å². The van der Waals surface area contributed by atoms with Gasteiger partial charge in [-0.2, -0.15) is 4.68 Å². The SMILES string of the molecule is COc1ccccc1-n1nnnc1-c1ccc(CN)cc1. The molecule has 1 aromatic heterocycles. The van der Waals surface area contributed by atoms with Gasteiger partial charge in [-0.15, -0.1) is 5.10 Å². The van der Waals surface area contributed by atoms with Crippen molar-refractivity contribution in [3.8, 4) is 22.8 Å².